The van der Waals surface area contributed by atoms with E-state index in [1.807, 2.05) is 12.1 Å². The van der Waals surface area contributed by atoms with Crippen LogP contribution in [-0.4, -0.2) is 35.2 Å². The molecule has 1 saturated carbocycles. The van der Waals surface area contributed by atoms with Gasteiger partial charge in [-0.3, -0.25) is 0 Å². The zero-order valence-corrected chi connectivity index (χ0v) is 16.9. The van der Waals surface area contributed by atoms with Gasteiger partial charge in [-0.25, -0.2) is 14.8 Å². The molecule has 0 spiro atoms. The van der Waals surface area contributed by atoms with Crippen LogP contribution in [0.1, 0.15) is 31.2 Å². The third-order valence-corrected chi connectivity index (χ3v) is 4.85. The number of amides is 2. The zero-order valence-electron chi connectivity index (χ0n) is 15.4. The Morgan fingerprint density at radius 2 is 1.93 bits per heavy atom. The number of nitrogens with one attached hydrogen (secondary N) is 3. The molecule has 0 bridgehead atoms. The van der Waals surface area contributed by atoms with Crippen molar-refractivity contribution in [1.29, 1.82) is 0 Å². The summed E-state index contributed by atoms with van der Waals surface area (Å²) in [5.74, 6) is 1.17. The molecule has 3 N–H and O–H groups in total. The minimum Gasteiger partial charge on any atom is -0.474 e. The van der Waals surface area contributed by atoms with Crippen LogP contribution in [0.25, 0.3) is 0 Å². The minimum atomic E-state index is -0.261. The van der Waals surface area contributed by atoms with Crippen LogP contribution < -0.4 is 20.7 Å². The number of rotatable bonds is 8. The molecule has 1 fully saturated rings. The number of ether oxygens (including phenoxy) is 1. The first-order valence-corrected chi connectivity index (χ1v) is 10.0. The minimum absolute atomic E-state index is 0.261. The fourth-order valence-electron chi connectivity index (χ4n) is 2.91. The van der Waals surface area contributed by atoms with E-state index in [0.29, 0.717) is 41.4 Å². The van der Waals surface area contributed by atoms with Gasteiger partial charge in [-0.15, -0.1) is 0 Å². The molecule has 0 atom stereocenters. The largest absolute Gasteiger partial charge is 0.474 e. The van der Waals surface area contributed by atoms with Crippen LogP contribution in [0.2, 0.25) is 10.0 Å². The van der Waals surface area contributed by atoms with Gasteiger partial charge in [0, 0.05) is 38.1 Å². The van der Waals surface area contributed by atoms with E-state index in [4.69, 9.17) is 27.9 Å². The molecule has 2 heterocycles. The quantitative estimate of drug-likeness (QED) is 0.558. The summed E-state index contributed by atoms with van der Waals surface area (Å²) in [6.07, 6.45) is 8.16. The highest BCUT2D eigenvalue weighted by molar-refractivity contribution is 6.35. The predicted molar refractivity (Wildman–Crippen MR) is 110 cm³/mol. The Balaban J connectivity index is 1.32. The van der Waals surface area contributed by atoms with Crippen molar-refractivity contribution in [3.63, 3.8) is 0 Å². The lowest BCUT2D eigenvalue weighted by Crippen LogP contribution is -2.37. The van der Waals surface area contributed by atoms with E-state index in [-0.39, 0.29) is 12.1 Å². The van der Waals surface area contributed by atoms with Crippen LogP contribution in [-0.2, 0) is 6.54 Å². The maximum Gasteiger partial charge on any atom is 0.315 e. The smallest absolute Gasteiger partial charge is 0.315 e. The Bertz CT molecular complexity index is 782. The van der Waals surface area contributed by atoms with Gasteiger partial charge in [0.1, 0.15) is 11.9 Å². The summed E-state index contributed by atoms with van der Waals surface area (Å²) in [6.45, 7) is 1.29. The second kappa shape index (κ2) is 10.3. The molecule has 7 nitrogen and oxygen atoms in total. The van der Waals surface area contributed by atoms with Crippen molar-refractivity contribution in [1.82, 2.24) is 20.6 Å². The van der Waals surface area contributed by atoms with Crippen molar-refractivity contribution in [2.24, 2.45) is 0 Å². The number of carbonyl (C=O) groups is 1. The fraction of sp³-hybridized carbons (Fsp3) is 0.421. The molecule has 28 heavy (non-hydrogen) atoms. The Morgan fingerprint density at radius 1 is 1.11 bits per heavy atom. The first-order valence-electron chi connectivity index (χ1n) is 9.28. The lowest BCUT2D eigenvalue weighted by atomic mass is 10.3. The van der Waals surface area contributed by atoms with Gasteiger partial charge < -0.3 is 20.7 Å². The van der Waals surface area contributed by atoms with Crippen molar-refractivity contribution >= 4 is 35.1 Å². The zero-order chi connectivity index (χ0) is 19.8. The number of carbonyl (C=O) groups excluding carboxylic acids is 1. The van der Waals surface area contributed by atoms with Crippen LogP contribution in [0.3, 0.4) is 0 Å². The Morgan fingerprint density at radius 3 is 2.64 bits per heavy atom. The average Bonchev–Trinajstić information content (AvgIpc) is 3.19. The van der Waals surface area contributed by atoms with Gasteiger partial charge in [0.05, 0.1) is 10.0 Å². The molecule has 2 aromatic heterocycles. The first kappa shape index (κ1) is 20.5. The van der Waals surface area contributed by atoms with Crippen molar-refractivity contribution in [3.8, 4) is 5.88 Å². The number of hydrogen-bond acceptors (Lipinski definition) is 5. The molecule has 9 heteroatoms. The van der Waals surface area contributed by atoms with E-state index in [0.717, 1.165) is 18.4 Å². The highest BCUT2D eigenvalue weighted by Gasteiger charge is 2.16. The first-order chi connectivity index (χ1) is 13.6. The van der Waals surface area contributed by atoms with E-state index < -0.39 is 0 Å². The molecular weight excluding hydrogens is 401 g/mol. The third kappa shape index (κ3) is 6.42. The van der Waals surface area contributed by atoms with E-state index >= 15 is 0 Å². The van der Waals surface area contributed by atoms with Crippen molar-refractivity contribution in [3.05, 3.63) is 46.2 Å². The molecule has 1 aliphatic rings. The molecule has 0 aliphatic heterocycles. The van der Waals surface area contributed by atoms with Gasteiger partial charge in [-0.2, -0.15) is 0 Å². The summed E-state index contributed by atoms with van der Waals surface area (Å²) in [5, 5.41) is 9.50. The van der Waals surface area contributed by atoms with Gasteiger partial charge in [-0.1, -0.05) is 29.3 Å². The fourth-order valence-corrected chi connectivity index (χ4v) is 3.36. The molecule has 1 aliphatic carbocycles. The average molecular weight is 424 g/mol. The molecule has 0 radical (unpaired) electrons. The van der Waals surface area contributed by atoms with Gasteiger partial charge in [-0.05, 0) is 37.3 Å². The van der Waals surface area contributed by atoms with E-state index in [1.54, 1.807) is 12.3 Å². The monoisotopic (exact) mass is 423 g/mol. The van der Waals surface area contributed by atoms with E-state index in [9.17, 15) is 4.79 Å². The second-order valence-corrected chi connectivity index (χ2v) is 7.39. The number of urea groups is 1. The highest BCUT2D eigenvalue weighted by Crippen LogP contribution is 2.23. The summed E-state index contributed by atoms with van der Waals surface area (Å²) in [5.41, 5.74) is 0.907. The van der Waals surface area contributed by atoms with Gasteiger partial charge in [0.15, 0.2) is 0 Å². The maximum absolute atomic E-state index is 11.9. The summed E-state index contributed by atoms with van der Waals surface area (Å²) in [4.78, 5) is 20.3. The van der Waals surface area contributed by atoms with E-state index in [2.05, 4.69) is 25.9 Å². The Hall–Kier alpha value is -2.25. The third-order valence-electron chi connectivity index (χ3n) is 4.35. The molecule has 150 valence electrons. The molecule has 0 unspecified atom stereocenters. The molecular formula is C19H23Cl2N5O2. The van der Waals surface area contributed by atoms with Crippen molar-refractivity contribution in [2.75, 3.05) is 18.4 Å². The Labute approximate surface area is 174 Å². The van der Waals surface area contributed by atoms with Gasteiger partial charge in [0.2, 0.25) is 5.88 Å². The topological polar surface area (TPSA) is 88.2 Å². The van der Waals surface area contributed by atoms with Crippen LogP contribution in [0, 0.1) is 0 Å². The number of aromatic nitrogens is 2. The maximum atomic E-state index is 11.9. The summed E-state index contributed by atoms with van der Waals surface area (Å²) in [7, 11) is 0. The van der Waals surface area contributed by atoms with Crippen LogP contribution >= 0.6 is 23.2 Å². The second-order valence-electron chi connectivity index (χ2n) is 6.55. The molecule has 3 rings (SSSR count). The van der Waals surface area contributed by atoms with Crippen LogP contribution in [0.4, 0.5) is 10.6 Å². The number of anilines is 1. The lowest BCUT2D eigenvalue weighted by molar-refractivity contribution is 0.201. The van der Waals surface area contributed by atoms with Gasteiger partial charge >= 0.3 is 6.03 Å². The van der Waals surface area contributed by atoms with Crippen molar-refractivity contribution in [2.45, 2.75) is 38.3 Å². The van der Waals surface area contributed by atoms with Crippen LogP contribution in [0.5, 0.6) is 5.88 Å². The standard InChI is InChI=1S/C19H23Cl2N5O2/c20-14-9-16(21)18(25-12-14)22-7-8-23-19(27)26-11-13-5-6-17(24-10-13)28-15-3-1-2-4-15/h5-6,9-10,12,15H,1-4,7-8,11H2,(H,22,25)(H2,23,26,27). The molecule has 2 amide bonds. The SMILES string of the molecule is O=C(NCCNc1ncc(Cl)cc1Cl)NCc1ccc(OC2CCCC2)nc1. The lowest BCUT2D eigenvalue weighted by Gasteiger charge is -2.12. The van der Waals surface area contributed by atoms with Crippen molar-refractivity contribution < 1.29 is 9.53 Å². The molecule has 0 aromatic carbocycles. The van der Waals surface area contributed by atoms with E-state index in [1.165, 1.54) is 19.0 Å². The Kier molecular flexibility index (Phi) is 7.56. The summed E-state index contributed by atoms with van der Waals surface area (Å²) < 4.78 is 5.83. The molecule has 0 saturated heterocycles. The number of nitrogens with zero attached hydrogens (tertiary/aromatic N) is 2. The molecule has 2 aromatic rings. The van der Waals surface area contributed by atoms with Crippen LogP contribution in [0.15, 0.2) is 30.6 Å². The highest BCUT2D eigenvalue weighted by atomic mass is 35.5. The number of hydrogen-bond donors (Lipinski definition) is 3. The number of pyridine rings is 2. The summed E-state index contributed by atoms with van der Waals surface area (Å²) >= 11 is 11.8. The van der Waals surface area contributed by atoms with Gasteiger partial charge in [0.25, 0.3) is 0 Å². The number of halogens is 2. The predicted octanol–water partition coefficient (Wildman–Crippen LogP) is 4.02. The normalized spacial score (nSPS) is 13.9. The summed E-state index contributed by atoms with van der Waals surface area (Å²) in [6, 6.07) is 5.10.